The summed E-state index contributed by atoms with van der Waals surface area (Å²) in [6.45, 7) is 0. The average Bonchev–Trinajstić information content (AvgIpc) is 2.40. The van der Waals surface area contributed by atoms with E-state index in [9.17, 15) is 0 Å². The van der Waals surface area contributed by atoms with Crippen LogP contribution in [0.15, 0.2) is 49.8 Å². The van der Waals surface area contributed by atoms with E-state index in [0.29, 0.717) is 0 Å². The van der Waals surface area contributed by atoms with Gasteiger partial charge in [-0.3, -0.25) is 0 Å². The molecule has 0 aliphatic heterocycles. The zero-order chi connectivity index (χ0) is 14.0. The fraction of sp³-hybridized carbons (Fsp3) is 0.143. The molecule has 0 fully saturated rings. The minimum atomic E-state index is -0.228. The first kappa shape index (κ1) is 15.4. The standard InChI is InChI=1S/C14H10Br3ClO/c1-19-13-5-2-8(6-12(13)17)14(18)10-7-9(15)3-4-11(10)16/h2-7,14H,1H3. The molecule has 0 saturated carbocycles. The molecule has 100 valence electrons. The Morgan fingerprint density at radius 1 is 1.00 bits per heavy atom. The van der Waals surface area contributed by atoms with Gasteiger partial charge in [0.15, 0.2) is 0 Å². The first-order valence-electron chi connectivity index (χ1n) is 5.45. The molecule has 0 N–H and O–H groups in total. The fourth-order valence-electron chi connectivity index (χ4n) is 1.73. The van der Waals surface area contributed by atoms with E-state index >= 15 is 0 Å². The Labute approximate surface area is 142 Å². The van der Waals surface area contributed by atoms with Crippen LogP contribution in [0.1, 0.15) is 16.5 Å². The Balaban J connectivity index is 2.41. The number of halogens is 4. The predicted octanol–water partition coefficient (Wildman–Crippen LogP) is 6.31. The minimum absolute atomic E-state index is 0.228. The lowest BCUT2D eigenvalue weighted by molar-refractivity contribution is 0.412. The van der Waals surface area contributed by atoms with Gasteiger partial charge in [0.25, 0.3) is 0 Å². The van der Waals surface area contributed by atoms with Crippen molar-refractivity contribution in [1.29, 1.82) is 0 Å². The van der Waals surface area contributed by atoms with Crippen molar-refractivity contribution in [3.05, 3.63) is 60.9 Å². The van der Waals surface area contributed by atoms with Crippen molar-refractivity contribution < 1.29 is 4.74 Å². The van der Waals surface area contributed by atoms with Crippen LogP contribution in [0.25, 0.3) is 0 Å². The maximum Gasteiger partial charge on any atom is 0.133 e. The predicted molar refractivity (Wildman–Crippen MR) is 90.2 cm³/mol. The zero-order valence-corrected chi connectivity index (χ0v) is 15.5. The van der Waals surface area contributed by atoms with Crippen LogP contribution in [0.3, 0.4) is 0 Å². The monoisotopic (exact) mass is 466 g/mol. The summed E-state index contributed by atoms with van der Waals surface area (Å²) in [7, 11) is 1.64. The van der Waals surface area contributed by atoms with Gasteiger partial charge in [-0.05, 0) is 57.4 Å². The van der Waals surface area contributed by atoms with E-state index in [1.54, 1.807) is 7.11 Å². The maximum atomic E-state index is 6.56. The molecule has 0 bridgehead atoms. The van der Waals surface area contributed by atoms with Crippen molar-refractivity contribution in [2.24, 2.45) is 0 Å². The number of hydrogen-bond acceptors (Lipinski definition) is 1. The highest BCUT2D eigenvalue weighted by Gasteiger charge is 2.15. The van der Waals surface area contributed by atoms with Crippen molar-refractivity contribution in [1.82, 2.24) is 0 Å². The number of benzene rings is 2. The number of ether oxygens (including phenoxy) is 1. The van der Waals surface area contributed by atoms with Crippen LogP contribution in [0.4, 0.5) is 0 Å². The van der Waals surface area contributed by atoms with Gasteiger partial charge in [0.1, 0.15) is 5.75 Å². The number of hydrogen-bond donors (Lipinski definition) is 0. The number of methoxy groups -OCH3 is 1. The summed E-state index contributed by atoms with van der Waals surface area (Å²) < 4.78 is 8.11. The van der Waals surface area contributed by atoms with E-state index in [1.165, 1.54) is 0 Å². The van der Waals surface area contributed by atoms with E-state index in [1.807, 2.05) is 36.4 Å². The molecule has 19 heavy (non-hydrogen) atoms. The molecule has 1 atom stereocenters. The third kappa shape index (κ3) is 3.54. The van der Waals surface area contributed by atoms with Crippen LogP contribution in [-0.4, -0.2) is 7.11 Å². The Hall–Kier alpha value is -0.0300. The van der Waals surface area contributed by atoms with E-state index in [-0.39, 0.29) is 5.38 Å². The Bertz CT molecular complexity index is 601. The summed E-state index contributed by atoms with van der Waals surface area (Å²) in [5, 5.41) is -0.228. The number of alkyl halides is 1. The third-order valence-corrected chi connectivity index (χ3v) is 5.02. The van der Waals surface area contributed by atoms with Gasteiger partial charge in [-0.1, -0.05) is 37.9 Å². The van der Waals surface area contributed by atoms with Crippen LogP contribution >= 0.6 is 59.4 Å². The molecule has 2 rings (SSSR count). The highest BCUT2D eigenvalue weighted by molar-refractivity contribution is 9.11. The first-order valence-corrected chi connectivity index (χ1v) is 8.27. The second-order valence-electron chi connectivity index (χ2n) is 3.92. The van der Waals surface area contributed by atoms with Crippen molar-refractivity contribution in [2.75, 3.05) is 7.11 Å². The van der Waals surface area contributed by atoms with Crippen LogP contribution in [0.5, 0.6) is 5.75 Å². The molecule has 2 aromatic carbocycles. The Morgan fingerprint density at radius 2 is 1.74 bits per heavy atom. The molecule has 2 aromatic rings. The molecule has 0 aliphatic carbocycles. The summed E-state index contributed by atoms with van der Waals surface area (Å²) in [5.74, 6) is 0.793. The Morgan fingerprint density at radius 3 is 2.37 bits per heavy atom. The largest absolute Gasteiger partial charge is 0.496 e. The highest BCUT2D eigenvalue weighted by Crippen LogP contribution is 2.38. The average molecular weight is 469 g/mol. The van der Waals surface area contributed by atoms with Gasteiger partial charge in [-0.2, -0.15) is 0 Å². The van der Waals surface area contributed by atoms with Crippen LogP contribution in [0.2, 0.25) is 0 Å². The smallest absolute Gasteiger partial charge is 0.133 e. The molecule has 0 aliphatic rings. The van der Waals surface area contributed by atoms with Gasteiger partial charge >= 0.3 is 0 Å². The van der Waals surface area contributed by atoms with Gasteiger partial charge in [0.2, 0.25) is 0 Å². The SMILES string of the molecule is COc1ccc(C(Cl)c2cc(Br)ccc2Br)cc1Br. The van der Waals surface area contributed by atoms with Gasteiger partial charge in [0, 0.05) is 8.95 Å². The van der Waals surface area contributed by atoms with Crippen LogP contribution in [0, 0.1) is 0 Å². The topological polar surface area (TPSA) is 9.23 Å². The fourth-order valence-corrected chi connectivity index (χ4v) is 3.59. The summed E-state index contributed by atoms with van der Waals surface area (Å²) >= 11 is 17.0. The maximum absolute atomic E-state index is 6.56. The van der Waals surface area contributed by atoms with Gasteiger partial charge < -0.3 is 4.74 Å². The van der Waals surface area contributed by atoms with Gasteiger partial charge in [-0.25, -0.2) is 0 Å². The summed E-state index contributed by atoms with van der Waals surface area (Å²) in [6, 6.07) is 11.8. The first-order chi connectivity index (χ1) is 9.02. The van der Waals surface area contributed by atoms with Crippen molar-refractivity contribution in [3.63, 3.8) is 0 Å². The van der Waals surface area contributed by atoms with Crippen LogP contribution in [-0.2, 0) is 0 Å². The van der Waals surface area contributed by atoms with Gasteiger partial charge in [0.05, 0.1) is 17.0 Å². The molecule has 0 heterocycles. The third-order valence-electron chi connectivity index (χ3n) is 2.70. The minimum Gasteiger partial charge on any atom is -0.496 e. The summed E-state index contributed by atoms with van der Waals surface area (Å²) in [5.41, 5.74) is 2.03. The molecular formula is C14H10Br3ClO. The molecule has 0 amide bonds. The Kier molecular flexibility index (Phi) is 5.35. The lowest BCUT2D eigenvalue weighted by atomic mass is 10.0. The molecule has 1 nitrogen and oxygen atoms in total. The molecule has 5 heteroatoms. The second-order valence-corrected chi connectivity index (χ2v) is 6.98. The molecule has 0 spiro atoms. The normalized spacial score (nSPS) is 12.3. The highest BCUT2D eigenvalue weighted by atomic mass is 79.9. The second kappa shape index (κ2) is 6.61. The molecule has 0 aromatic heterocycles. The lowest BCUT2D eigenvalue weighted by Gasteiger charge is -2.14. The number of rotatable bonds is 3. The molecular weight excluding hydrogens is 459 g/mol. The van der Waals surface area contributed by atoms with Gasteiger partial charge in [-0.15, -0.1) is 11.6 Å². The van der Waals surface area contributed by atoms with Crippen molar-refractivity contribution in [3.8, 4) is 5.75 Å². The molecule has 0 saturated heterocycles. The molecule has 0 radical (unpaired) electrons. The van der Waals surface area contributed by atoms with E-state index in [2.05, 4.69) is 47.8 Å². The van der Waals surface area contributed by atoms with E-state index < -0.39 is 0 Å². The van der Waals surface area contributed by atoms with Crippen molar-refractivity contribution in [2.45, 2.75) is 5.38 Å². The molecule has 1 unspecified atom stereocenters. The van der Waals surface area contributed by atoms with Crippen molar-refractivity contribution >= 4 is 59.4 Å². The summed E-state index contributed by atoms with van der Waals surface area (Å²) in [4.78, 5) is 0. The lowest BCUT2D eigenvalue weighted by Crippen LogP contribution is -1.96. The summed E-state index contributed by atoms with van der Waals surface area (Å²) in [6.07, 6.45) is 0. The van der Waals surface area contributed by atoms with Crippen LogP contribution < -0.4 is 4.74 Å². The van der Waals surface area contributed by atoms with E-state index in [0.717, 1.165) is 30.3 Å². The quantitative estimate of drug-likeness (QED) is 0.479. The zero-order valence-electron chi connectivity index (χ0n) is 9.96. The van der Waals surface area contributed by atoms with E-state index in [4.69, 9.17) is 16.3 Å².